The Balaban J connectivity index is 2.04. The summed E-state index contributed by atoms with van der Waals surface area (Å²) in [5, 5.41) is 0.755. The minimum atomic E-state index is 0.295. The highest BCUT2D eigenvalue weighted by atomic mass is 35.5. The summed E-state index contributed by atoms with van der Waals surface area (Å²) in [5.74, 6) is 1.24. The average molecular weight is 318 g/mol. The third-order valence-electron chi connectivity index (χ3n) is 3.77. The van der Waals surface area contributed by atoms with Gasteiger partial charge in [-0.15, -0.1) is 0 Å². The van der Waals surface area contributed by atoms with Crippen LogP contribution in [-0.4, -0.2) is 13.2 Å². The van der Waals surface area contributed by atoms with E-state index in [1.54, 1.807) is 0 Å². The molecule has 22 heavy (non-hydrogen) atoms. The molecule has 0 heterocycles. The molecule has 0 radical (unpaired) electrons. The molecule has 1 unspecified atom stereocenters. The van der Waals surface area contributed by atoms with Crippen molar-refractivity contribution in [3.63, 3.8) is 0 Å². The van der Waals surface area contributed by atoms with Gasteiger partial charge in [0.1, 0.15) is 5.75 Å². The van der Waals surface area contributed by atoms with Crippen LogP contribution in [0.2, 0.25) is 5.02 Å². The topological polar surface area (TPSA) is 35.2 Å². The molecule has 0 amide bonds. The van der Waals surface area contributed by atoms with Crippen LogP contribution in [0.15, 0.2) is 48.5 Å². The fraction of sp³-hybridized carbons (Fsp3) is 0.368. The maximum Gasteiger partial charge on any atom is 0.119 e. The van der Waals surface area contributed by atoms with Crippen molar-refractivity contribution in [2.75, 3.05) is 13.2 Å². The van der Waals surface area contributed by atoms with Gasteiger partial charge in [0, 0.05) is 10.9 Å². The van der Waals surface area contributed by atoms with Gasteiger partial charge in [-0.2, -0.15) is 0 Å². The minimum Gasteiger partial charge on any atom is -0.494 e. The van der Waals surface area contributed by atoms with Gasteiger partial charge in [-0.1, -0.05) is 49.2 Å². The second-order valence-electron chi connectivity index (χ2n) is 5.54. The van der Waals surface area contributed by atoms with Gasteiger partial charge in [0.25, 0.3) is 0 Å². The molecule has 118 valence electrons. The molecule has 0 aliphatic heterocycles. The lowest BCUT2D eigenvalue weighted by Crippen LogP contribution is -2.15. The molecule has 2 nitrogen and oxygen atoms in total. The van der Waals surface area contributed by atoms with Crippen LogP contribution in [0.3, 0.4) is 0 Å². The number of rotatable bonds is 8. The molecule has 2 aromatic carbocycles. The molecular weight excluding hydrogens is 294 g/mol. The molecule has 2 rings (SSSR count). The van der Waals surface area contributed by atoms with Crippen LogP contribution in [0.1, 0.15) is 36.8 Å². The first-order valence-corrected chi connectivity index (χ1v) is 8.28. The number of benzene rings is 2. The summed E-state index contributed by atoms with van der Waals surface area (Å²) in [6, 6.07) is 16.3. The molecule has 0 saturated heterocycles. The summed E-state index contributed by atoms with van der Waals surface area (Å²) in [4.78, 5) is 0. The van der Waals surface area contributed by atoms with E-state index in [0.717, 1.165) is 36.6 Å². The van der Waals surface area contributed by atoms with Crippen LogP contribution < -0.4 is 10.5 Å². The predicted molar refractivity (Wildman–Crippen MR) is 93.8 cm³/mol. The standard InChI is InChI=1S/C19H24ClNO/c1-2-3-11-22-19-6-4-5-15(13-19)12-17(14-21)16-7-9-18(20)10-8-16/h4-10,13,17H,2-3,11-12,14,21H2,1H3. The quantitative estimate of drug-likeness (QED) is 0.709. The lowest BCUT2D eigenvalue weighted by molar-refractivity contribution is 0.309. The Bertz CT molecular complexity index is 568. The average Bonchev–Trinajstić information content (AvgIpc) is 2.54. The van der Waals surface area contributed by atoms with E-state index < -0.39 is 0 Å². The van der Waals surface area contributed by atoms with E-state index in [-0.39, 0.29) is 0 Å². The second kappa shape index (κ2) is 8.82. The fourth-order valence-electron chi connectivity index (χ4n) is 2.45. The van der Waals surface area contributed by atoms with E-state index in [0.29, 0.717) is 12.5 Å². The Labute approximate surface area is 138 Å². The maximum absolute atomic E-state index is 5.96. The number of halogens is 1. The Morgan fingerprint density at radius 2 is 1.91 bits per heavy atom. The van der Waals surface area contributed by atoms with E-state index in [9.17, 15) is 0 Å². The molecular formula is C19H24ClNO. The predicted octanol–water partition coefficient (Wildman–Crippen LogP) is 4.80. The zero-order valence-corrected chi connectivity index (χ0v) is 13.9. The second-order valence-corrected chi connectivity index (χ2v) is 5.97. The van der Waals surface area contributed by atoms with Crippen molar-refractivity contribution >= 4 is 11.6 Å². The van der Waals surface area contributed by atoms with Crippen molar-refractivity contribution in [3.05, 3.63) is 64.7 Å². The lowest BCUT2D eigenvalue weighted by Gasteiger charge is -2.16. The summed E-state index contributed by atoms with van der Waals surface area (Å²) in [6.07, 6.45) is 3.13. The minimum absolute atomic E-state index is 0.295. The first kappa shape index (κ1) is 16.9. The number of ether oxygens (including phenoxy) is 1. The Morgan fingerprint density at radius 3 is 2.59 bits per heavy atom. The third kappa shape index (κ3) is 5.04. The highest BCUT2D eigenvalue weighted by molar-refractivity contribution is 6.30. The summed E-state index contributed by atoms with van der Waals surface area (Å²) >= 11 is 5.95. The summed E-state index contributed by atoms with van der Waals surface area (Å²) in [6.45, 7) is 3.55. The molecule has 0 saturated carbocycles. The summed E-state index contributed by atoms with van der Waals surface area (Å²) in [7, 11) is 0. The Kier molecular flexibility index (Phi) is 6.75. The monoisotopic (exact) mass is 317 g/mol. The smallest absolute Gasteiger partial charge is 0.119 e. The van der Waals surface area contributed by atoms with Crippen molar-refractivity contribution in [3.8, 4) is 5.75 Å². The normalized spacial score (nSPS) is 12.1. The zero-order valence-electron chi connectivity index (χ0n) is 13.1. The van der Waals surface area contributed by atoms with Crippen molar-refractivity contribution in [2.24, 2.45) is 5.73 Å². The van der Waals surface area contributed by atoms with Gasteiger partial charge in [-0.3, -0.25) is 0 Å². The van der Waals surface area contributed by atoms with Crippen LogP contribution in [0.5, 0.6) is 5.75 Å². The number of nitrogens with two attached hydrogens (primary N) is 1. The van der Waals surface area contributed by atoms with Crippen molar-refractivity contribution in [1.82, 2.24) is 0 Å². The fourth-order valence-corrected chi connectivity index (χ4v) is 2.58. The molecule has 0 bridgehead atoms. The van der Waals surface area contributed by atoms with Crippen molar-refractivity contribution < 1.29 is 4.74 Å². The van der Waals surface area contributed by atoms with Gasteiger partial charge in [0.15, 0.2) is 0 Å². The van der Waals surface area contributed by atoms with E-state index in [4.69, 9.17) is 22.1 Å². The molecule has 3 heteroatoms. The molecule has 0 fully saturated rings. The summed E-state index contributed by atoms with van der Waals surface area (Å²) in [5.41, 5.74) is 8.44. The van der Waals surface area contributed by atoms with Crippen LogP contribution in [0, 0.1) is 0 Å². The van der Waals surface area contributed by atoms with Gasteiger partial charge in [-0.05, 0) is 54.8 Å². The third-order valence-corrected chi connectivity index (χ3v) is 4.03. The van der Waals surface area contributed by atoms with E-state index in [2.05, 4.69) is 31.2 Å². The molecule has 1 atom stereocenters. The molecule has 0 aromatic heterocycles. The van der Waals surface area contributed by atoms with Gasteiger partial charge in [0.2, 0.25) is 0 Å². The zero-order chi connectivity index (χ0) is 15.8. The van der Waals surface area contributed by atoms with Crippen LogP contribution in [-0.2, 0) is 6.42 Å². The molecule has 0 aliphatic carbocycles. The van der Waals surface area contributed by atoms with E-state index in [1.165, 1.54) is 11.1 Å². The Hall–Kier alpha value is -1.51. The van der Waals surface area contributed by atoms with Crippen molar-refractivity contribution in [2.45, 2.75) is 32.1 Å². The number of hydrogen-bond donors (Lipinski definition) is 1. The highest BCUT2D eigenvalue weighted by Crippen LogP contribution is 2.24. The molecule has 2 N–H and O–H groups in total. The largest absolute Gasteiger partial charge is 0.494 e. The first-order valence-electron chi connectivity index (χ1n) is 7.90. The van der Waals surface area contributed by atoms with E-state index >= 15 is 0 Å². The first-order chi connectivity index (χ1) is 10.7. The van der Waals surface area contributed by atoms with Crippen LogP contribution in [0.25, 0.3) is 0 Å². The molecule has 0 aliphatic rings. The lowest BCUT2D eigenvalue weighted by atomic mass is 9.92. The van der Waals surface area contributed by atoms with Crippen LogP contribution >= 0.6 is 11.6 Å². The van der Waals surface area contributed by atoms with Crippen LogP contribution in [0.4, 0.5) is 0 Å². The van der Waals surface area contributed by atoms with Gasteiger partial charge >= 0.3 is 0 Å². The van der Waals surface area contributed by atoms with Gasteiger partial charge in [0.05, 0.1) is 6.61 Å². The van der Waals surface area contributed by atoms with Gasteiger partial charge in [-0.25, -0.2) is 0 Å². The Morgan fingerprint density at radius 1 is 1.14 bits per heavy atom. The highest BCUT2D eigenvalue weighted by Gasteiger charge is 2.11. The molecule has 0 spiro atoms. The van der Waals surface area contributed by atoms with Crippen molar-refractivity contribution in [1.29, 1.82) is 0 Å². The molecule has 2 aromatic rings. The number of hydrogen-bond acceptors (Lipinski definition) is 2. The summed E-state index contributed by atoms with van der Waals surface area (Å²) < 4.78 is 5.78. The maximum atomic E-state index is 5.96. The number of unbranched alkanes of at least 4 members (excludes halogenated alkanes) is 1. The van der Waals surface area contributed by atoms with Gasteiger partial charge < -0.3 is 10.5 Å². The SMILES string of the molecule is CCCCOc1cccc(CC(CN)c2ccc(Cl)cc2)c1. The van der Waals surface area contributed by atoms with E-state index in [1.807, 2.05) is 24.3 Å².